The zero-order valence-electron chi connectivity index (χ0n) is 7.42. The van der Waals surface area contributed by atoms with Crippen LogP contribution < -0.4 is 5.73 Å². The van der Waals surface area contributed by atoms with Gasteiger partial charge in [-0.25, -0.2) is 4.79 Å². The number of nitrogens with two attached hydrogens (primary N) is 1. The average molecular weight is 171 g/mol. The van der Waals surface area contributed by atoms with E-state index in [4.69, 9.17) is 10.8 Å². The molecule has 4 heteroatoms. The van der Waals surface area contributed by atoms with Crippen molar-refractivity contribution in [2.75, 3.05) is 0 Å². The van der Waals surface area contributed by atoms with E-state index < -0.39 is 17.8 Å². The molecule has 1 amide bonds. The van der Waals surface area contributed by atoms with Gasteiger partial charge in [0, 0.05) is 0 Å². The van der Waals surface area contributed by atoms with Crippen molar-refractivity contribution in [3.63, 3.8) is 0 Å². The lowest BCUT2D eigenvalue weighted by molar-refractivity contribution is 0.134. The highest BCUT2D eigenvalue weighted by molar-refractivity contribution is 5.65. The molecule has 0 aromatic rings. The molecule has 0 saturated carbocycles. The van der Waals surface area contributed by atoms with Crippen molar-refractivity contribution in [1.82, 2.24) is 0 Å². The molecule has 0 rings (SSSR count). The van der Waals surface area contributed by atoms with E-state index in [1.807, 2.05) is 0 Å². The maximum Gasteiger partial charge on any atom is 0.405 e. The zero-order chi connectivity index (χ0) is 9.78. The van der Waals surface area contributed by atoms with E-state index in [1.54, 1.807) is 6.92 Å². The highest BCUT2D eigenvalue weighted by Crippen LogP contribution is 1.97. The first-order valence-corrected chi connectivity index (χ1v) is 3.52. The van der Waals surface area contributed by atoms with Crippen LogP contribution in [0.3, 0.4) is 0 Å². The standard InChI is InChI=1S/C8H13NO3/c1-6(12-7(9)10)4-5-8(2,3)11/h6,11H,1-3H3,(H2,9,10)/t6-/m1/s1. The number of carbonyl (C=O) groups excluding carboxylic acids is 1. The van der Waals surface area contributed by atoms with Crippen molar-refractivity contribution >= 4 is 6.09 Å². The first kappa shape index (κ1) is 10.8. The number of carbonyl (C=O) groups is 1. The van der Waals surface area contributed by atoms with E-state index in [0.717, 1.165) is 0 Å². The van der Waals surface area contributed by atoms with Crippen LogP contribution >= 0.6 is 0 Å². The third kappa shape index (κ3) is 6.90. The van der Waals surface area contributed by atoms with Crippen LogP contribution in [0.1, 0.15) is 20.8 Å². The van der Waals surface area contributed by atoms with Crippen molar-refractivity contribution in [2.45, 2.75) is 32.5 Å². The summed E-state index contributed by atoms with van der Waals surface area (Å²) in [6, 6.07) is 0. The molecule has 0 spiro atoms. The van der Waals surface area contributed by atoms with E-state index in [-0.39, 0.29) is 0 Å². The van der Waals surface area contributed by atoms with Gasteiger partial charge in [-0.3, -0.25) is 0 Å². The topological polar surface area (TPSA) is 72.6 Å². The molecule has 12 heavy (non-hydrogen) atoms. The Labute approximate surface area is 71.7 Å². The predicted octanol–water partition coefficient (Wildman–Crippen LogP) is 0.245. The molecule has 0 aliphatic carbocycles. The number of hydrogen-bond acceptors (Lipinski definition) is 3. The second-order valence-corrected chi connectivity index (χ2v) is 2.91. The summed E-state index contributed by atoms with van der Waals surface area (Å²) in [7, 11) is 0. The Balaban J connectivity index is 4.04. The molecule has 0 aromatic carbocycles. The fraction of sp³-hybridized carbons (Fsp3) is 0.625. The van der Waals surface area contributed by atoms with Crippen molar-refractivity contribution < 1.29 is 14.6 Å². The Bertz CT molecular complexity index is 219. The van der Waals surface area contributed by atoms with Crippen molar-refractivity contribution in [3.05, 3.63) is 0 Å². The van der Waals surface area contributed by atoms with Crippen molar-refractivity contribution in [3.8, 4) is 11.8 Å². The van der Waals surface area contributed by atoms with Crippen LogP contribution in [0.2, 0.25) is 0 Å². The molecule has 0 aliphatic heterocycles. The van der Waals surface area contributed by atoms with Gasteiger partial charge in [-0.1, -0.05) is 11.8 Å². The van der Waals surface area contributed by atoms with E-state index in [2.05, 4.69) is 16.6 Å². The third-order valence-electron chi connectivity index (χ3n) is 0.874. The molecule has 0 unspecified atom stereocenters. The molecule has 3 N–H and O–H groups in total. The van der Waals surface area contributed by atoms with E-state index in [1.165, 1.54) is 13.8 Å². The molecule has 68 valence electrons. The van der Waals surface area contributed by atoms with Gasteiger partial charge in [0.05, 0.1) is 0 Å². The van der Waals surface area contributed by atoms with Gasteiger partial charge < -0.3 is 15.6 Å². The van der Waals surface area contributed by atoms with Gasteiger partial charge in [0.2, 0.25) is 0 Å². The summed E-state index contributed by atoms with van der Waals surface area (Å²) in [6.45, 7) is 4.65. The van der Waals surface area contributed by atoms with Gasteiger partial charge in [-0.05, 0) is 20.8 Å². The Morgan fingerprint density at radius 1 is 1.67 bits per heavy atom. The van der Waals surface area contributed by atoms with Crippen LogP contribution in [0, 0.1) is 11.8 Å². The lowest BCUT2D eigenvalue weighted by Crippen LogP contribution is -2.20. The number of amides is 1. The second kappa shape index (κ2) is 3.98. The lowest BCUT2D eigenvalue weighted by atomic mass is 10.1. The van der Waals surface area contributed by atoms with Crippen LogP contribution in [0.25, 0.3) is 0 Å². The smallest absolute Gasteiger partial charge is 0.405 e. The Morgan fingerprint density at radius 2 is 2.17 bits per heavy atom. The van der Waals surface area contributed by atoms with Crippen LogP contribution in [0.4, 0.5) is 4.79 Å². The number of hydrogen-bond donors (Lipinski definition) is 2. The van der Waals surface area contributed by atoms with Gasteiger partial charge in [0.15, 0.2) is 6.10 Å². The van der Waals surface area contributed by atoms with Crippen molar-refractivity contribution in [1.29, 1.82) is 0 Å². The maximum atomic E-state index is 10.2. The summed E-state index contributed by atoms with van der Waals surface area (Å²) in [5, 5.41) is 9.16. The minimum Gasteiger partial charge on any atom is -0.433 e. The SMILES string of the molecule is C[C@H](C#CC(C)(C)O)OC(N)=O. The number of primary amides is 1. The third-order valence-corrected chi connectivity index (χ3v) is 0.874. The molecular formula is C8H13NO3. The minimum atomic E-state index is -1.07. The molecule has 0 heterocycles. The maximum absolute atomic E-state index is 10.2. The van der Waals surface area contributed by atoms with E-state index in [0.29, 0.717) is 0 Å². The molecule has 0 aromatic heterocycles. The van der Waals surface area contributed by atoms with Gasteiger partial charge in [-0.15, -0.1) is 0 Å². The molecule has 0 fully saturated rings. The quantitative estimate of drug-likeness (QED) is 0.555. The Hall–Kier alpha value is -1.21. The van der Waals surface area contributed by atoms with Gasteiger partial charge in [0.25, 0.3) is 0 Å². The van der Waals surface area contributed by atoms with Gasteiger partial charge in [-0.2, -0.15) is 0 Å². The molecule has 1 atom stereocenters. The monoisotopic (exact) mass is 171 g/mol. The second-order valence-electron chi connectivity index (χ2n) is 2.91. The molecule has 4 nitrogen and oxygen atoms in total. The van der Waals surface area contributed by atoms with Crippen LogP contribution in [0.5, 0.6) is 0 Å². The Morgan fingerprint density at radius 3 is 2.50 bits per heavy atom. The van der Waals surface area contributed by atoms with Gasteiger partial charge >= 0.3 is 6.09 Å². The molecule has 0 saturated heterocycles. The molecule has 0 aliphatic rings. The highest BCUT2D eigenvalue weighted by Gasteiger charge is 2.07. The molecular weight excluding hydrogens is 158 g/mol. The number of rotatable bonds is 1. The van der Waals surface area contributed by atoms with Crippen LogP contribution in [-0.4, -0.2) is 22.9 Å². The summed E-state index contributed by atoms with van der Waals surface area (Å²) in [5.74, 6) is 5.03. The summed E-state index contributed by atoms with van der Waals surface area (Å²) in [4.78, 5) is 10.2. The summed E-state index contributed by atoms with van der Waals surface area (Å²) in [5.41, 5.74) is 3.67. The summed E-state index contributed by atoms with van der Waals surface area (Å²) < 4.78 is 4.50. The summed E-state index contributed by atoms with van der Waals surface area (Å²) in [6.07, 6.45) is -1.46. The molecule has 0 radical (unpaired) electrons. The fourth-order valence-corrected chi connectivity index (χ4v) is 0.482. The summed E-state index contributed by atoms with van der Waals surface area (Å²) >= 11 is 0. The van der Waals surface area contributed by atoms with Gasteiger partial charge in [0.1, 0.15) is 5.60 Å². The highest BCUT2D eigenvalue weighted by atomic mass is 16.6. The number of ether oxygens (including phenoxy) is 1. The van der Waals surface area contributed by atoms with Crippen LogP contribution in [-0.2, 0) is 4.74 Å². The van der Waals surface area contributed by atoms with E-state index in [9.17, 15) is 4.79 Å². The first-order valence-electron chi connectivity index (χ1n) is 3.52. The van der Waals surface area contributed by atoms with Crippen molar-refractivity contribution in [2.24, 2.45) is 5.73 Å². The molecule has 0 bridgehead atoms. The minimum absolute atomic E-state index is 0.589. The first-order chi connectivity index (χ1) is 5.31. The lowest BCUT2D eigenvalue weighted by Gasteiger charge is -2.08. The zero-order valence-corrected chi connectivity index (χ0v) is 7.42. The van der Waals surface area contributed by atoms with E-state index >= 15 is 0 Å². The Kier molecular flexibility index (Phi) is 3.58. The predicted molar refractivity (Wildman–Crippen MR) is 44.2 cm³/mol. The fourth-order valence-electron chi connectivity index (χ4n) is 0.482. The normalized spacial score (nSPS) is 12.7. The average Bonchev–Trinajstić information content (AvgIpc) is 1.80. The van der Waals surface area contributed by atoms with Crippen LogP contribution in [0.15, 0.2) is 0 Å². The largest absolute Gasteiger partial charge is 0.433 e. The number of aliphatic hydroxyl groups is 1.